The molecule has 6 heteroatoms. The van der Waals surface area contributed by atoms with Crippen molar-refractivity contribution in [2.75, 3.05) is 0 Å². The number of hydrogen-bond acceptors (Lipinski definition) is 5. The van der Waals surface area contributed by atoms with Crippen LogP contribution in [0.25, 0.3) is 0 Å². The van der Waals surface area contributed by atoms with Gasteiger partial charge in [0.25, 0.3) is 5.91 Å². The smallest absolute Gasteiger partial charge is 0.329 e. The van der Waals surface area contributed by atoms with Crippen LogP contribution in [-0.2, 0) is 9.53 Å². The van der Waals surface area contributed by atoms with Gasteiger partial charge in [0.05, 0.1) is 5.56 Å². The molecule has 0 radical (unpaired) electrons. The number of amides is 1. The van der Waals surface area contributed by atoms with Gasteiger partial charge in [-0.1, -0.05) is 13.8 Å². The van der Waals surface area contributed by atoms with Gasteiger partial charge in [0, 0.05) is 12.4 Å². The minimum absolute atomic E-state index is 0.0848. The van der Waals surface area contributed by atoms with Crippen LogP contribution in [0.5, 0.6) is 0 Å². The van der Waals surface area contributed by atoms with Crippen LogP contribution in [0.3, 0.4) is 0 Å². The summed E-state index contributed by atoms with van der Waals surface area (Å²) in [6, 6.07) is -0.707. The lowest BCUT2D eigenvalue weighted by Crippen LogP contribution is -2.47. The first-order valence-electron chi connectivity index (χ1n) is 6.49. The van der Waals surface area contributed by atoms with Crippen molar-refractivity contribution in [1.82, 2.24) is 15.3 Å². The Morgan fingerprint density at radius 3 is 2.20 bits per heavy atom. The van der Waals surface area contributed by atoms with Crippen LogP contribution in [0.2, 0.25) is 0 Å². The Balaban J connectivity index is 2.78. The highest BCUT2D eigenvalue weighted by Crippen LogP contribution is 2.12. The fourth-order valence-corrected chi connectivity index (χ4v) is 1.50. The fourth-order valence-electron chi connectivity index (χ4n) is 1.50. The largest absolute Gasteiger partial charge is 0.458 e. The maximum atomic E-state index is 12.1. The van der Waals surface area contributed by atoms with E-state index in [0.717, 1.165) is 0 Å². The molecule has 6 nitrogen and oxygen atoms in total. The van der Waals surface area contributed by atoms with E-state index in [1.807, 2.05) is 13.8 Å². The summed E-state index contributed by atoms with van der Waals surface area (Å²) in [6.07, 6.45) is 4.13. The highest BCUT2D eigenvalue weighted by molar-refractivity contribution is 5.96. The van der Waals surface area contributed by atoms with Gasteiger partial charge in [-0.2, -0.15) is 0 Å². The van der Waals surface area contributed by atoms with E-state index in [-0.39, 0.29) is 5.92 Å². The lowest BCUT2D eigenvalue weighted by Gasteiger charge is -2.26. The Morgan fingerprint density at radius 2 is 1.75 bits per heavy atom. The summed E-state index contributed by atoms with van der Waals surface area (Å²) in [6.45, 7) is 9.05. The van der Waals surface area contributed by atoms with Crippen molar-refractivity contribution < 1.29 is 14.3 Å². The molecular weight excluding hydrogens is 258 g/mol. The molecule has 0 aromatic carbocycles. The number of aromatic nitrogens is 2. The van der Waals surface area contributed by atoms with Crippen LogP contribution in [0.4, 0.5) is 0 Å². The van der Waals surface area contributed by atoms with Crippen molar-refractivity contribution in [2.45, 2.75) is 46.3 Å². The molecule has 1 aromatic heterocycles. The Morgan fingerprint density at radius 1 is 1.20 bits per heavy atom. The zero-order valence-corrected chi connectivity index (χ0v) is 12.5. The first-order chi connectivity index (χ1) is 9.20. The molecule has 0 aliphatic rings. The number of hydrogen-bond donors (Lipinski definition) is 1. The molecule has 1 atom stereocenters. The monoisotopic (exact) mass is 279 g/mol. The standard InChI is InChI=1S/C14H21N3O3/c1-9(2)11(13(19)20-14(3,4)5)17-12(18)10-6-15-8-16-7-10/h6-9,11H,1-5H3,(H,17,18)/t11-/m0/s1. The lowest BCUT2D eigenvalue weighted by molar-refractivity contribution is -0.158. The predicted molar refractivity (Wildman–Crippen MR) is 74.0 cm³/mol. The van der Waals surface area contributed by atoms with E-state index in [1.165, 1.54) is 18.7 Å². The molecule has 0 aliphatic heterocycles. The number of carbonyl (C=O) groups excluding carboxylic acids is 2. The summed E-state index contributed by atoms with van der Waals surface area (Å²) in [5.74, 6) is -0.925. The van der Waals surface area contributed by atoms with Crippen molar-refractivity contribution in [3.63, 3.8) is 0 Å². The Kier molecular flexibility index (Phi) is 5.19. The number of nitrogens with zero attached hydrogens (tertiary/aromatic N) is 2. The third kappa shape index (κ3) is 4.95. The molecule has 0 saturated carbocycles. The van der Waals surface area contributed by atoms with Gasteiger partial charge >= 0.3 is 5.97 Å². The van der Waals surface area contributed by atoms with Gasteiger partial charge in [-0.15, -0.1) is 0 Å². The van der Waals surface area contributed by atoms with Gasteiger partial charge in [-0.05, 0) is 26.7 Å². The average molecular weight is 279 g/mol. The quantitative estimate of drug-likeness (QED) is 0.846. The molecule has 110 valence electrons. The van der Waals surface area contributed by atoms with Crippen molar-refractivity contribution in [3.05, 3.63) is 24.3 Å². The molecule has 1 N–H and O–H groups in total. The summed E-state index contributed by atoms with van der Waals surface area (Å²) in [5, 5.41) is 2.66. The molecule has 0 spiro atoms. The van der Waals surface area contributed by atoms with E-state index in [4.69, 9.17) is 4.74 Å². The van der Waals surface area contributed by atoms with Gasteiger partial charge < -0.3 is 10.1 Å². The van der Waals surface area contributed by atoms with E-state index in [2.05, 4.69) is 15.3 Å². The van der Waals surface area contributed by atoms with E-state index in [0.29, 0.717) is 5.56 Å². The summed E-state index contributed by atoms with van der Waals surface area (Å²) in [7, 11) is 0. The van der Waals surface area contributed by atoms with Crippen LogP contribution < -0.4 is 5.32 Å². The van der Waals surface area contributed by atoms with Crippen molar-refractivity contribution in [3.8, 4) is 0 Å². The highest BCUT2D eigenvalue weighted by atomic mass is 16.6. The first-order valence-corrected chi connectivity index (χ1v) is 6.49. The Bertz CT molecular complexity index is 466. The molecule has 0 aliphatic carbocycles. The van der Waals surface area contributed by atoms with Gasteiger partial charge in [-0.25, -0.2) is 14.8 Å². The fraction of sp³-hybridized carbons (Fsp3) is 0.571. The van der Waals surface area contributed by atoms with Crippen LogP contribution in [0.15, 0.2) is 18.7 Å². The lowest BCUT2D eigenvalue weighted by atomic mass is 10.0. The van der Waals surface area contributed by atoms with Gasteiger partial charge in [0.1, 0.15) is 18.0 Å². The highest BCUT2D eigenvalue weighted by Gasteiger charge is 2.29. The summed E-state index contributed by atoms with van der Waals surface area (Å²) in [5.41, 5.74) is -0.285. The zero-order valence-electron chi connectivity index (χ0n) is 12.5. The molecular formula is C14H21N3O3. The summed E-state index contributed by atoms with van der Waals surface area (Å²) in [4.78, 5) is 31.7. The van der Waals surface area contributed by atoms with Crippen molar-refractivity contribution in [2.24, 2.45) is 5.92 Å². The molecule has 1 heterocycles. The van der Waals surface area contributed by atoms with Gasteiger partial charge in [-0.3, -0.25) is 4.79 Å². The molecule has 0 saturated heterocycles. The normalized spacial score (nSPS) is 12.9. The molecule has 1 aromatic rings. The maximum absolute atomic E-state index is 12.1. The Labute approximate surface area is 119 Å². The van der Waals surface area contributed by atoms with E-state index in [9.17, 15) is 9.59 Å². The molecule has 0 unspecified atom stereocenters. The molecule has 0 fully saturated rings. The average Bonchev–Trinajstić information content (AvgIpc) is 2.34. The number of carbonyl (C=O) groups is 2. The van der Waals surface area contributed by atoms with Gasteiger partial charge in [0.15, 0.2) is 0 Å². The Hall–Kier alpha value is -1.98. The molecule has 1 rings (SSSR count). The van der Waals surface area contributed by atoms with Crippen molar-refractivity contribution in [1.29, 1.82) is 0 Å². The van der Waals surface area contributed by atoms with E-state index < -0.39 is 23.5 Å². The number of ether oxygens (including phenoxy) is 1. The third-order valence-electron chi connectivity index (χ3n) is 2.44. The SMILES string of the molecule is CC(C)[C@H](NC(=O)c1cncnc1)C(=O)OC(C)(C)C. The molecule has 1 amide bonds. The number of rotatable bonds is 4. The first kappa shape index (κ1) is 16.1. The second-order valence-corrected chi connectivity index (χ2v) is 5.86. The number of nitrogens with one attached hydrogen (secondary N) is 1. The minimum Gasteiger partial charge on any atom is -0.458 e. The maximum Gasteiger partial charge on any atom is 0.329 e. The zero-order chi connectivity index (χ0) is 15.3. The van der Waals surface area contributed by atoms with Crippen LogP contribution >= 0.6 is 0 Å². The van der Waals surface area contributed by atoms with E-state index >= 15 is 0 Å². The minimum atomic E-state index is -0.707. The van der Waals surface area contributed by atoms with E-state index in [1.54, 1.807) is 20.8 Å². The van der Waals surface area contributed by atoms with Crippen LogP contribution in [-0.4, -0.2) is 33.5 Å². The van der Waals surface area contributed by atoms with Crippen LogP contribution in [0, 0.1) is 5.92 Å². The molecule has 20 heavy (non-hydrogen) atoms. The molecule has 0 bridgehead atoms. The second-order valence-electron chi connectivity index (χ2n) is 5.86. The summed E-state index contributed by atoms with van der Waals surface area (Å²) >= 11 is 0. The second kappa shape index (κ2) is 6.45. The summed E-state index contributed by atoms with van der Waals surface area (Å²) < 4.78 is 5.31. The topological polar surface area (TPSA) is 81.2 Å². The third-order valence-corrected chi connectivity index (χ3v) is 2.44. The number of esters is 1. The predicted octanol–water partition coefficient (Wildman–Crippen LogP) is 1.57. The van der Waals surface area contributed by atoms with Crippen molar-refractivity contribution >= 4 is 11.9 Å². The van der Waals surface area contributed by atoms with Crippen LogP contribution in [0.1, 0.15) is 45.0 Å². The van der Waals surface area contributed by atoms with Gasteiger partial charge in [0.2, 0.25) is 0 Å².